The predicted molar refractivity (Wildman–Crippen MR) is 67.6 cm³/mol. The van der Waals surface area contributed by atoms with E-state index in [2.05, 4.69) is 0 Å². The summed E-state index contributed by atoms with van der Waals surface area (Å²) >= 11 is 0. The van der Waals surface area contributed by atoms with Crippen molar-refractivity contribution in [2.45, 2.75) is 13.0 Å². The summed E-state index contributed by atoms with van der Waals surface area (Å²) in [6, 6.07) is 5.01. The Morgan fingerprint density at radius 1 is 1.56 bits per heavy atom. The number of ether oxygens (including phenoxy) is 2. The molecule has 0 amide bonds. The maximum Gasteiger partial charge on any atom is 0.337 e. The first-order chi connectivity index (χ1) is 8.61. The molecule has 0 radical (unpaired) electrons. The molecule has 1 N–H and O–H groups in total. The lowest BCUT2D eigenvalue weighted by atomic mass is 10.1. The van der Waals surface area contributed by atoms with E-state index in [4.69, 9.17) is 9.47 Å². The van der Waals surface area contributed by atoms with Crippen LogP contribution in [0.5, 0.6) is 5.75 Å². The molecule has 98 valence electrons. The summed E-state index contributed by atoms with van der Waals surface area (Å²) in [5.41, 5.74) is 0.988. The maximum atomic E-state index is 11.2. The fourth-order valence-corrected chi connectivity index (χ4v) is 2.12. The van der Waals surface area contributed by atoms with Crippen LogP contribution in [0.4, 0.5) is 5.69 Å². The first kappa shape index (κ1) is 12.7. The van der Waals surface area contributed by atoms with Gasteiger partial charge in [0.15, 0.2) is 0 Å². The molecule has 1 atom stereocenters. The molecule has 1 unspecified atom stereocenters. The van der Waals surface area contributed by atoms with Crippen LogP contribution in [0.2, 0.25) is 0 Å². The summed E-state index contributed by atoms with van der Waals surface area (Å²) in [6.07, 6.45) is 0.103. The molecule has 1 heterocycles. The number of rotatable bonds is 3. The highest BCUT2D eigenvalue weighted by molar-refractivity contribution is 5.94. The fourth-order valence-electron chi connectivity index (χ4n) is 2.12. The van der Waals surface area contributed by atoms with Gasteiger partial charge in [-0.2, -0.15) is 0 Å². The van der Waals surface area contributed by atoms with E-state index >= 15 is 0 Å². The molecule has 1 fully saturated rings. The van der Waals surface area contributed by atoms with E-state index in [1.807, 2.05) is 11.8 Å². The molecule has 0 spiro atoms. The van der Waals surface area contributed by atoms with Gasteiger partial charge in [-0.1, -0.05) is 0 Å². The van der Waals surface area contributed by atoms with Crippen molar-refractivity contribution in [2.24, 2.45) is 0 Å². The molecule has 0 aromatic heterocycles. The SMILES string of the molecule is COc1ccc(C(=O)O)c(N2CCOC(C)C2)c1. The van der Waals surface area contributed by atoms with Gasteiger partial charge in [-0.25, -0.2) is 4.79 Å². The quantitative estimate of drug-likeness (QED) is 0.884. The summed E-state index contributed by atoms with van der Waals surface area (Å²) < 4.78 is 10.6. The van der Waals surface area contributed by atoms with Gasteiger partial charge in [0.25, 0.3) is 0 Å². The second kappa shape index (κ2) is 5.27. The van der Waals surface area contributed by atoms with Crippen molar-refractivity contribution in [2.75, 3.05) is 31.7 Å². The van der Waals surface area contributed by atoms with Crippen LogP contribution in [0.25, 0.3) is 0 Å². The van der Waals surface area contributed by atoms with Crippen LogP contribution < -0.4 is 9.64 Å². The Morgan fingerprint density at radius 2 is 2.33 bits per heavy atom. The number of carboxylic acids is 1. The van der Waals surface area contributed by atoms with Crippen molar-refractivity contribution in [3.05, 3.63) is 23.8 Å². The van der Waals surface area contributed by atoms with Crippen molar-refractivity contribution in [1.29, 1.82) is 0 Å². The van der Waals surface area contributed by atoms with Gasteiger partial charge < -0.3 is 19.5 Å². The van der Waals surface area contributed by atoms with E-state index in [0.717, 1.165) is 0 Å². The minimum absolute atomic E-state index is 0.103. The summed E-state index contributed by atoms with van der Waals surface area (Å²) in [7, 11) is 1.57. The highest BCUT2D eigenvalue weighted by atomic mass is 16.5. The number of aromatic carboxylic acids is 1. The van der Waals surface area contributed by atoms with Crippen molar-refractivity contribution in [1.82, 2.24) is 0 Å². The molecular weight excluding hydrogens is 234 g/mol. The van der Waals surface area contributed by atoms with Crippen molar-refractivity contribution < 1.29 is 19.4 Å². The Labute approximate surface area is 106 Å². The highest BCUT2D eigenvalue weighted by Crippen LogP contribution is 2.27. The van der Waals surface area contributed by atoms with Gasteiger partial charge in [0.2, 0.25) is 0 Å². The Hall–Kier alpha value is -1.75. The van der Waals surface area contributed by atoms with Crippen molar-refractivity contribution in [3.63, 3.8) is 0 Å². The molecular formula is C13H17NO4. The normalized spacial score (nSPS) is 19.7. The third-order valence-corrected chi connectivity index (χ3v) is 3.02. The Balaban J connectivity index is 2.36. The first-order valence-electron chi connectivity index (χ1n) is 5.89. The number of methoxy groups -OCH3 is 1. The number of anilines is 1. The van der Waals surface area contributed by atoms with Crippen LogP contribution in [0.15, 0.2) is 18.2 Å². The van der Waals surface area contributed by atoms with Crippen LogP contribution in [0.1, 0.15) is 17.3 Å². The molecule has 1 saturated heterocycles. The number of benzene rings is 1. The topological polar surface area (TPSA) is 59.0 Å². The lowest BCUT2D eigenvalue weighted by Gasteiger charge is -2.33. The smallest absolute Gasteiger partial charge is 0.337 e. The molecule has 1 aromatic carbocycles. The van der Waals surface area contributed by atoms with E-state index in [9.17, 15) is 9.90 Å². The van der Waals surface area contributed by atoms with Crippen LogP contribution in [-0.2, 0) is 4.74 Å². The van der Waals surface area contributed by atoms with E-state index in [1.165, 1.54) is 0 Å². The number of nitrogens with zero attached hydrogens (tertiary/aromatic N) is 1. The standard InChI is InChI=1S/C13H17NO4/c1-9-8-14(5-6-18-9)12-7-10(17-2)3-4-11(12)13(15)16/h3-4,7,9H,5-6,8H2,1-2H3,(H,15,16). The zero-order valence-corrected chi connectivity index (χ0v) is 10.5. The zero-order chi connectivity index (χ0) is 13.1. The molecule has 1 aliphatic heterocycles. The largest absolute Gasteiger partial charge is 0.497 e. The minimum atomic E-state index is -0.924. The van der Waals surface area contributed by atoms with Crippen molar-refractivity contribution >= 4 is 11.7 Å². The number of hydrogen-bond acceptors (Lipinski definition) is 4. The van der Waals surface area contributed by atoms with Gasteiger partial charge in [0.05, 0.1) is 31.1 Å². The van der Waals surface area contributed by atoms with Crippen LogP contribution in [0, 0.1) is 0 Å². The average molecular weight is 251 g/mol. The molecule has 1 aromatic rings. The van der Waals surface area contributed by atoms with Gasteiger partial charge in [-0.05, 0) is 19.1 Å². The van der Waals surface area contributed by atoms with Crippen LogP contribution in [0.3, 0.4) is 0 Å². The van der Waals surface area contributed by atoms with Crippen LogP contribution in [-0.4, -0.2) is 44.0 Å². The molecule has 0 bridgehead atoms. The second-order valence-corrected chi connectivity index (χ2v) is 4.32. The van der Waals surface area contributed by atoms with E-state index in [0.29, 0.717) is 36.7 Å². The van der Waals surface area contributed by atoms with E-state index < -0.39 is 5.97 Å². The Bertz CT molecular complexity index is 447. The summed E-state index contributed by atoms with van der Waals surface area (Å²) in [5.74, 6) is -0.263. The highest BCUT2D eigenvalue weighted by Gasteiger charge is 2.22. The third-order valence-electron chi connectivity index (χ3n) is 3.02. The Morgan fingerprint density at radius 3 is 2.94 bits per heavy atom. The Kier molecular flexibility index (Phi) is 3.72. The molecule has 5 heteroatoms. The van der Waals surface area contributed by atoms with E-state index in [-0.39, 0.29) is 6.10 Å². The molecule has 2 rings (SSSR count). The maximum absolute atomic E-state index is 11.2. The van der Waals surface area contributed by atoms with Gasteiger partial charge in [-0.3, -0.25) is 0 Å². The monoisotopic (exact) mass is 251 g/mol. The van der Waals surface area contributed by atoms with Gasteiger partial charge in [-0.15, -0.1) is 0 Å². The number of morpholine rings is 1. The molecule has 0 aliphatic carbocycles. The van der Waals surface area contributed by atoms with Crippen molar-refractivity contribution in [3.8, 4) is 5.75 Å². The summed E-state index contributed by atoms with van der Waals surface area (Å²) in [5, 5.41) is 9.23. The minimum Gasteiger partial charge on any atom is -0.497 e. The summed E-state index contributed by atoms with van der Waals surface area (Å²) in [4.78, 5) is 13.3. The first-order valence-corrected chi connectivity index (χ1v) is 5.89. The molecule has 18 heavy (non-hydrogen) atoms. The van der Waals surface area contributed by atoms with Gasteiger partial charge in [0, 0.05) is 19.2 Å². The number of carboxylic acid groups (broad SMARTS) is 1. The van der Waals surface area contributed by atoms with Crippen LogP contribution >= 0.6 is 0 Å². The molecule has 5 nitrogen and oxygen atoms in total. The lowest BCUT2D eigenvalue weighted by molar-refractivity contribution is 0.0527. The zero-order valence-electron chi connectivity index (χ0n) is 10.5. The molecule has 1 aliphatic rings. The second-order valence-electron chi connectivity index (χ2n) is 4.32. The number of carbonyl (C=O) groups is 1. The predicted octanol–water partition coefficient (Wildman–Crippen LogP) is 1.62. The number of hydrogen-bond donors (Lipinski definition) is 1. The lowest BCUT2D eigenvalue weighted by Crippen LogP contribution is -2.41. The average Bonchev–Trinajstić information content (AvgIpc) is 2.38. The fraction of sp³-hybridized carbons (Fsp3) is 0.462. The summed E-state index contributed by atoms with van der Waals surface area (Å²) in [6.45, 7) is 3.97. The molecule has 0 saturated carbocycles. The van der Waals surface area contributed by atoms with Gasteiger partial charge in [0.1, 0.15) is 5.75 Å². The third kappa shape index (κ3) is 2.56. The van der Waals surface area contributed by atoms with Gasteiger partial charge >= 0.3 is 5.97 Å². The van der Waals surface area contributed by atoms with E-state index in [1.54, 1.807) is 25.3 Å².